The van der Waals surface area contributed by atoms with E-state index >= 15 is 0 Å². The minimum absolute atomic E-state index is 0.568. The van der Waals surface area contributed by atoms with Crippen molar-refractivity contribution in [2.24, 2.45) is 0 Å². The number of benzene rings is 2. The zero-order chi connectivity index (χ0) is 18.9. The first kappa shape index (κ1) is 21.1. The predicted octanol–water partition coefficient (Wildman–Crippen LogP) is 5.82. The van der Waals surface area contributed by atoms with Crippen LogP contribution in [0.25, 0.3) is 0 Å². The van der Waals surface area contributed by atoms with Gasteiger partial charge in [0, 0.05) is 21.3 Å². The summed E-state index contributed by atoms with van der Waals surface area (Å²) in [6.45, 7) is 0. The lowest BCUT2D eigenvalue weighted by atomic mass is 9.96. The van der Waals surface area contributed by atoms with Gasteiger partial charge < -0.3 is 0 Å². The van der Waals surface area contributed by atoms with E-state index in [1.54, 1.807) is 23.5 Å². The molecule has 2 nitrogen and oxygen atoms in total. The average Bonchev–Trinajstić information content (AvgIpc) is 2.72. The second-order valence-electron chi connectivity index (χ2n) is 5.49. The van der Waals surface area contributed by atoms with Crippen molar-refractivity contribution in [2.75, 3.05) is 24.0 Å². The maximum absolute atomic E-state index is 10.1. The van der Waals surface area contributed by atoms with Crippen LogP contribution in [-0.2, 0) is 0 Å². The van der Waals surface area contributed by atoms with Crippen molar-refractivity contribution in [1.82, 2.24) is 0 Å². The molecule has 134 valence electrons. The average molecular weight is 417 g/mol. The van der Waals surface area contributed by atoms with Gasteiger partial charge in [0.1, 0.15) is 9.49 Å². The monoisotopic (exact) mass is 416 g/mol. The highest BCUT2D eigenvalue weighted by molar-refractivity contribution is 8.07. The van der Waals surface area contributed by atoms with E-state index in [0.29, 0.717) is 11.5 Å². The fraction of sp³-hybridized carbons (Fsp3) is 0.300. The number of rotatable bonds is 9. The van der Waals surface area contributed by atoms with Crippen LogP contribution in [0.15, 0.2) is 70.5 Å². The smallest absolute Gasteiger partial charge is 0.140 e. The summed E-state index contributed by atoms with van der Waals surface area (Å²) in [7, 11) is 0. The van der Waals surface area contributed by atoms with Crippen LogP contribution in [0.1, 0.15) is 0 Å². The normalized spacial score (nSPS) is 15.2. The van der Waals surface area contributed by atoms with E-state index in [9.17, 15) is 10.5 Å². The summed E-state index contributed by atoms with van der Waals surface area (Å²) in [6, 6.07) is 25.1. The van der Waals surface area contributed by atoms with E-state index < -0.39 is 9.49 Å². The number of thioether (sulfide) groups is 4. The van der Waals surface area contributed by atoms with Gasteiger partial charge in [-0.25, -0.2) is 0 Å². The van der Waals surface area contributed by atoms with E-state index in [-0.39, 0.29) is 0 Å². The van der Waals surface area contributed by atoms with Gasteiger partial charge in [-0.3, -0.25) is 0 Å². The molecule has 0 aliphatic carbocycles. The van der Waals surface area contributed by atoms with Crippen molar-refractivity contribution < 1.29 is 0 Å². The van der Waals surface area contributed by atoms with Crippen molar-refractivity contribution in [3.8, 4) is 12.1 Å². The molecule has 0 unspecified atom stereocenters. The predicted molar refractivity (Wildman–Crippen MR) is 118 cm³/mol. The molecule has 0 aromatic heterocycles. The van der Waals surface area contributed by atoms with Crippen molar-refractivity contribution in [3.05, 3.63) is 60.7 Å². The third-order valence-corrected chi connectivity index (χ3v) is 9.50. The highest BCUT2D eigenvalue weighted by Gasteiger charge is 2.52. The van der Waals surface area contributed by atoms with Crippen LogP contribution in [0.2, 0.25) is 0 Å². The zero-order valence-electron chi connectivity index (χ0n) is 14.7. The van der Waals surface area contributed by atoms with Gasteiger partial charge in [-0.2, -0.15) is 10.5 Å². The molecule has 0 aliphatic heterocycles. The summed E-state index contributed by atoms with van der Waals surface area (Å²) in [6.07, 6.45) is 3.87. The van der Waals surface area contributed by atoms with E-state index in [0.717, 1.165) is 9.79 Å². The first-order valence-electron chi connectivity index (χ1n) is 7.94. The Hall–Kier alpha value is -1.18. The number of nitriles is 2. The summed E-state index contributed by atoms with van der Waals surface area (Å²) in [5, 5.41) is 20.2. The van der Waals surface area contributed by atoms with Gasteiger partial charge >= 0.3 is 0 Å². The molecule has 0 aliphatic rings. The van der Waals surface area contributed by atoms with Gasteiger partial charge in [-0.1, -0.05) is 36.4 Å². The van der Waals surface area contributed by atoms with Crippen LogP contribution < -0.4 is 0 Å². The molecule has 0 radical (unpaired) electrons. The topological polar surface area (TPSA) is 47.6 Å². The molecule has 26 heavy (non-hydrogen) atoms. The lowest BCUT2D eigenvalue weighted by Gasteiger charge is -2.39. The minimum Gasteiger partial charge on any atom is -0.197 e. The molecule has 2 atom stereocenters. The number of hydrogen-bond acceptors (Lipinski definition) is 6. The summed E-state index contributed by atoms with van der Waals surface area (Å²) < 4.78 is -1.60. The lowest BCUT2D eigenvalue weighted by Crippen LogP contribution is -2.51. The lowest BCUT2D eigenvalue weighted by molar-refractivity contribution is 0.699. The molecule has 2 aromatic rings. The van der Waals surface area contributed by atoms with Crippen LogP contribution in [0.5, 0.6) is 0 Å². The largest absolute Gasteiger partial charge is 0.197 e. The Morgan fingerprint density at radius 2 is 1.04 bits per heavy atom. The van der Waals surface area contributed by atoms with Crippen molar-refractivity contribution in [3.63, 3.8) is 0 Å². The molecule has 0 fully saturated rings. The quantitative estimate of drug-likeness (QED) is 0.480. The molecule has 2 rings (SSSR count). The molecule has 0 saturated heterocycles. The van der Waals surface area contributed by atoms with Crippen molar-refractivity contribution in [1.29, 1.82) is 10.5 Å². The fourth-order valence-corrected chi connectivity index (χ4v) is 7.54. The van der Waals surface area contributed by atoms with E-state index in [2.05, 4.69) is 12.1 Å². The van der Waals surface area contributed by atoms with Gasteiger partial charge in [0.2, 0.25) is 0 Å². The van der Waals surface area contributed by atoms with Crippen LogP contribution in [0, 0.1) is 22.7 Å². The zero-order valence-corrected chi connectivity index (χ0v) is 18.0. The van der Waals surface area contributed by atoms with E-state index in [1.807, 2.05) is 73.2 Å². The van der Waals surface area contributed by atoms with Gasteiger partial charge in [0.25, 0.3) is 0 Å². The molecular formula is C20H20N2S4. The van der Waals surface area contributed by atoms with Crippen LogP contribution in [0.3, 0.4) is 0 Å². The maximum atomic E-state index is 10.1. The van der Waals surface area contributed by atoms with Gasteiger partial charge in [-0.05, 0) is 36.8 Å². The third kappa shape index (κ3) is 4.75. The summed E-state index contributed by atoms with van der Waals surface area (Å²) in [4.78, 5) is 2.23. The Labute approximate surface area is 173 Å². The Morgan fingerprint density at radius 3 is 1.31 bits per heavy atom. The van der Waals surface area contributed by atoms with E-state index in [1.165, 1.54) is 23.5 Å². The highest BCUT2D eigenvalue weighted by Crippen LogP contribution is 2.48. The Balaban J connectivity index is 2.26. The van der Waals surface area contributed by atoms with Crippen molar-refractivity contribution >= 4 is 47.0 Å². The number of hydrogen-bond donors (Lipinski definition) is 0. The molecule has 0 N–H and O–H groups in total. The van der Waals surface area contributed by atoms with Crippen LogP contribution >= 0.6 is 47.0 Å². The van der Waals surface area contributed by atoms with Crippen molar-refractivity contribution in [2.45, 2.75) is 19.3 Å². The number of nitrogens with zero attached hydrogens (tertiary/aromatic N) is 2. The van der Waals surface area contributed by atoms with Crippen LogP contribution in [0.4, 0.5) is 0 Å². The Bertz CT molecular complexity index is 702. The molecule has 0 spiro atoms. The standard InChI is InChI=1S/C20H20N2S4/c1-23-19(13-21,15-25-17-9-5-3-6-10-17)20(14-22,24-2)16-26-18-11-7-4-8-12-18/h3-12H,15-16H2,1-2H3/t19-,20+. The second-order valence-corrected chi connectivity index (χ2v) is 9.80. The molecule has 6 heteroatoms. The third-order valence-electron chi connectivity index (χ3n) is 4.08. The molecule has 0 bridgehead atoms. The highest BCUT2D eigenvalue weighted by atomic mass is 32.2. The summed E-state index contributed by atoms with van der Waals surface area (Å²) in [5.74, 6) is 1.14. The van der Waals surface area contributed by atoms with Crippen LogP contribution in [-0.4, -0.2) is 33.5 Å². The van der Waals surface area contributed by atoms with E-state index in [4.69, 9.17) is 0 Å². The SMILES string of the molecule is CS[C@](C#N)(CSc1ccccc1)[C@](C#N)(CSc1ccccc1)SC. The first-order valence-corrected chi connectivity index (χ1v) is 12.4. The fourth-order valence-electron chi connectivity index (χ4n) is 2.42. The second kappa shape index (κ2) is 10.2. The molecule has 0 heterocycles. The molecule has 0 amide bonds. The molecule has 2 aromatic carbocycles. The molecular weight excluding hydrogens is 397 g/mol. The van der Waals surface area contributed by atoms with Gasteiger partial charge in [-0.15, -0.1) is 47.0 Å². The summed E-state index contributed by atoms with van der Waals surface area (Å²) in [5.41, 5.74) is 0. The Morgan fingerprint density at radius 1 is 0.692 bits per heavy atom. The summed E-state index contributed by atoms with van der Waals surface area (Å²) >= 11 is 6.26. The molecule has 0 saturated carbocycles. The Kier molecular flexibility index (Phi) is 8.31. The van der Waals surface area contributed by atoms with Gasteiger partial charge in [0.05, 0.1) is 12.1 Å². The first-order chi connectivity index (χ1) is 12.6. The van der Waals surface area contributed by atoms with Gasteiger partial charge in [0.15, 0.2) is 0 Å². The minimum atomic E-state index is -0.802. The maximum Gasteiger partial charge on any atom is 0.140 e.